The van der Waals surface area contributed by atoms with Crippen LogP contribution in [0.4, 0.5) is 10.7 Å². The van der Waals surface area contributed by atoms with Crippen molar-refractivity contribution in [1.82, 2.24) is 20.2 Å². The number of benzene rings is 2. The number of aryl methyl sites for hydroxylation is 2. The van der Waals surface area contributed by atoms with Crippen molar-refractivity contribution >= 4 is 28.0 Å². The number of amides is 2. The van der Waals surface area contributed by atoms with Crippen LogP contribution in [0.1, 0.15) is 74.4 Å². The first-order chi connectivity index (χ1) is 21.7. The van der Waals surface area contributed by atoms with Gasteiger partial charge in [0.1, 0.15) is 6.61 Å². The number of rotatable bonds is 4. The average Bonchev–Trinajstić information content (AvgIpc) is 2.99. The van der Waals surface area contributed by atoms with Crippen LogP contribution in [0.3, 0.4) is 0 Å². The van der Waals surface area contributed by atoms with Crippen molar-refractivity contribution in [3.8, 4) is 17.1 Å². The normalized spacial score (nSPS) is 21.5. The van der Waals surface area contributed by atoms with E-state index in [1.54, 1.807) is 18.2 Å². The molecule has 2 amide bonds. The summed E-state index contributed by atoms with van der Waals surface area (Å²) < 4.78 is 41.0. The van der Waals surface area contributed by atoms with Gasteiger partial charge in [0.2, 0.25) is 11.8 Å². The number of carbonyl (C=O) groups excluding carboxylic acids is 2. The fourth-order valence-electron chi connectivity index (χ4n) is 6.50. The molecule has 1 fully saturated rings. The topological polar surface area (TPSA) is 140 Å². The van der Waals surface area contributed by atoms with Crippen molar-refractivity contribution in [1.29, 1.82) is 0 Å². The highest BCUT2D eigenvalue weighted by Crippen LogP contribution is 2.34. The van der Waals surface area contributed by atoms with E-state index in [0.29, 0.717) is 37.8 Å². The number of carbonyl (C=O) groups is 2. The first-order valence-corrected chi connectivity index (χ1v) is 17.1. The van der Waals surface area contributed by atoms with E-state index in [0.717, 1.165) is 16.7 Å². The zero-order valence-electron chi connectivity index (χ0n) is 27.3. The minimum Gasteiger partial charge on any atom is -0.475 e. The molecule has 1 atom stereocenters. The number of nitrogens with zero attached hydrogens (tertiary/aromatic N) is 3. The Balaban J connectivity index is 1.61. The maximum Gasteiger partial charge on any atom is 0.407 e. The number of sulfonamides is 1. The molecule has 0 saturated heterocycles. The van der Waals surface area contributed by atoms with Crippen LogP contribution >= 0.6 is 0 Å². The molecule has 0 unspecified atom stereocenters. The highest BCUT2D eigenvalue weighted by Gasteiger charge is 2.37. The quantitative estimate of drug-likeness (QED) is 0.358. The molecule has 1 aliphatic heterocycles. The van der Waals surface area contributed by atoms with Crippen LogP contribution in [-0.4, -0.2) is 67.1 Å². The molecule has 2 aromatic carbocycles. The second-order valence-corrected chi connectivity index (χ2v) is 15.1. The summed E-state index contributed by atoms with van der Waals surface area (Å²) in [4.78, 5) is 37.2. The van der Waals surface area contributed by atoms with Crippen LogP contribution < -0.4 is 14.8 Å². The largest absolute Gasteiger partial charge is 0.475 e. The molecule has 1 saturated carbocycles. The molecule has 5 rings (SSSR count). The Kier molecular flexibility index (Phi) is 9.57. The van der Waals surface area contributed by atoms with Crippen molar-refractivity contribution < 1.29 is 27.5 Å². The van der Waals surface area contributed by atoms with Gasteiger partial charge in [0.05, 0.1) is 23.7 Å². The van der Waals surface area contributed by atoms with Gasteiger partial charge in [-0.2, -0.15) is 4.98 Å². The molecule has 3 aromatic rings. The average molecular weight is 650 g/mol. The van der Waals surface area contributed by atoms with Crippen molar-refractivity contribution in [3.05, 3.63) is 65.2 Å². The lowest BCUT2D eigenvalue weighted by Crippen LogP contribution is -2.53. The van der Waals surface area contributed by atoms with Gasteiger partial charge >= 0.3 is 6.09 Å². The fraction of sp³-hybridized carbons (Fsp3) is 0.471. The number of aromatic nitrogens is 2. The Morgan fingerprint density at radius 3 is 2.37 bits per heavy atom. The van der Waals surface area contributed by atoms with Gasteiger partial charge in [-0.25, -0.2) is 22.9 Å². The van der Waals surface area contributed by atoms with Crippen LogP contribution in [0, 0.1) is 19.3 Å². The van der Waals surface area contributed by atoms with E-state index in [2.05, 4.69) is 40.8 Å². The molecule has 4 bridgehead atoms. The Hall–Kier alpha value is -4.19. The Bertz CT molecular complexity index is 1690. The van der Waals surface area contributed by atoms with Crippen LogP contribution in [0.5, 0.6) is 5.88 Å². The summed E-state index contributed by atoms with van der Waals surface area (Å²) in [6, 6.07) is 13.1. The maximum atomic E-state index is 14.5. The highest BCUT2D eigenvalue weighted by molar-refractivity contribution is 7.92. The number of methoxy groups -OCH3 is 1. The van der Waals surface area contributed by atoms with Crippen LogP contribution in [0.15, 0.2) is 53.4 Å². The van der Waals surface area contributed by atoms with Gasteiger partial charge < -0.3 is 19.7 Å². The van der Waals surface area contributed by atoms with Gasteiger partial charge in [0, 0.05) is 29.3 Å². The van der Waals surface area contributed by atoms with Crippen molar-refractivity contribution in [2.24, 2.45) is 5.41 Å². The Labute approximate surface area is 271 Å². The van der Waals surface area contributed by atoms with E-state index in [1.165, 1.54) is 19.2 Å². The summed E-state index contributed by atoms with van der Waals surface area (Å²) in [5.41, 5.74) is 3.43. The van der Waals surface area contributed by atoms with E-state index in [4.69, 9.17) is 9.47 Å². The number of hydrogen-bond acceptors (Lipinski definition) is 8. The van der Waals surface area contributed by atoms with Gasteiger partial charge in [-0.1, -0.05) is 45.0 Å². The second-order valence-electron chi connectivity index (χ2n) is 13.4. The van der Waals surface area contributed by atoms with Gasteiger partial charge in [-0.05, 0) is 80.7 Å². The highest BCUT2D eigenvalue weighted by atomic mass is 32.2. The van der Waals surface area contributed by atoms with Gasteiger partial charge in [0.25, 0.3) is 15.9 Å². The Morgan fingerprint density at radius 1 is 1.04 bits per heavy atom. The minimum absolute atomic E-state index is 0.0608. The molecule has 2 aliphatic rings. The first kappa shape index (κ1) is 33.2. The maximum absolute atomic E-state index is 14.5. The zero-order chi connectivity index (χ0) is 33.2. The minimum atomic E-state index is -4.16. The Morgan fingerprint density at radius 2 is 1.72 bits per heavy atom. The summed E-state index contributed by atoms with van der Waals surface area (Å²) in [6.45, 7) is 10.4. The van der Waals surface area contributed by atoms with Crippen molar-refractivity contribution in [2.45, 2.75) is 89.7 Å². The molecule has 0 radical (unpaired) electrons. The molecule has 2 N–H and O–H groups in total. The van der Waals surface area contributed by atoms with Crippen LogP contribution in [-0.2, 0) is 14.8 Å². The molecule has 1 aliphatic carbocycles. The molecule has 1 aromatic heterocycles. The monoisotopic (exact) mass is 649 g/mol. The molecule has 0 spiro atoms. The van der Waals surface area contributed by atoms with Crippen molar-refractivity contribution in [2.75, 3.05) is 18.4 Å². The zero-order valence-corrected chi connectivity index (χ0v) is 28.1. The predicted octanol–water partition coefficient (Wildman–Crippen LogP) is 5.87. The van der Waals surface area contributed by atoms with E-state index in [9.17, 15) is 18.0 Å². The standard InChI is InChI=1S/C34H43N5O6S/c1-21-9-7-10-22(2)30(21)28-18-29-37-32(36-28)38-46(42,43)27-12-8-11-23(17-27)31(40)39(26(20-45-29)19-34(3,4)5)25-15-13-24(14-16-25)35-33(41)44-6/h7-12,17-18,24-26H,13-16,19-20H2,1-6H3,(H,35,41)(H,36,37,38)/t24?,25?,26-/m1/s1. The van der Waals surface area contributed by atoms with E-state index in [-0.39, 0.29) is 58.3 Å². The lowest BCUT2D eigenvalue weighted by Gasteiger charge is -2.43. The molecular weight excluding hydrogens is 606 g/mol. The summed E-state index contributed by atoms with van der Waals surface area (Å²) in [5.74, 6) is -0.187. The van der Waals surface area contributed by atoms with Crippen molar-refractivity contribution in [3.63, 3.8) is 0 Å². The lowest BCUT2D eigenvalue weighted by molar-refractivity contribution is 0.0306. The SMILES string of the molecule is COC(=O)NC1CCC(N2C(=O)c3cccc(c3)S(=O)(=O)Nc3nc(cc(-c4c(C)cccc4C)n3)OC[C@H]2CC(C)(C)C)CC1. The fourth-order valence-corrected chi connectivity index (χ4v) is 7.48. The third-order valence-corrected chi connectivity index (χ3v) is 9.88. The third kappa shape index (κ3) is 7.60. The molecule has 246 valence electrons. The number of nitrogens with one attached hydrogen (secondary N) is 2. The number of anilines is 1. The van der Waals surface area contributed by atoms with Crippen LogP contribution in [0.25, 0.3) is 11.3 Å². The summed E-state index contributed by atoms with van der Waals surface area (Å²) >= 11 is 0. The number of alkyl carbamates (subject to hydrolysis) is 1. The molecule has 2 heterocycles. The third-order valence-electron chi connectivity index (χ3n) is 8.55. The van der Waals surface area contributed by atoms with Crippen LogP contribution in [0.2, 0.25) is 0 Å². The molecule has 11 nitrogen and oxygen atoms in total. The number of ether oxygens (including phenoxy) is 2. The second kappa shape index (κ2) is 13.3. The van der Waals surface area contributed by atoms with Gasteiger partial charge in [0.15, 0.2) is 0 Å². The lowest BCUT2D eigenvalue weighted by atomic mass is 9.84. The smallest absolute Gasteiger partial charge is 0.407 e. The molecular formula is C34H43N5O6S. The van der Waals surface area contributed by atoms with Gasteiger partial charge in [-0.3, -0.25) is 4.79 Å². The van der Waals surface area contributed by atoms with Gasteiger partial charge in [-0.15, -0.1) is 0 Å². The van der Waals surface area contributed by atoms with E-state index in [1.807, 2.05) is 36.9 Å². The van der Waals surface area contributed by atoms with E-state index < -0.39 is 16.1 Å². The number of hydrogen-bond donors (Lipinski definition) is 2. The molecule has 12 heteroatoms. The summed E-state index contributed by atoms with van der Waals surface area (Å²) in [5, 5.41) is 2.88. The first-order valence-electron chi connectivity index (χ1n) is 15.6. The number of fused-ring (bicyclic) bond motifs is 4. The summed E-state index contributed by atoms with van der Waals surface area (Å²) in [7, 11) is -2.82. The van der Waals surface area contributed by atoms with E-state index >= 15 is 0 Å². The summed E-state index contributed by atoms with van der Waals surface area (Å²) in [6.07, 6.45) is 2.77. The molecule has 46 heavy (non-hydrogen) atoms. The predicted molar refractivity (Wildman–Crippen MR) is 175 cm³/mol.